The molecule has 1 atom stereocenters. The van der Waals surface area contributed by atoms with Gasteiger partial charge in [0.15, 0.2) is 0 Å². The van der Waals surface area contributed by atoms with Gasteiger partial charge in [0.05, 0.1) is 19.3 Å². The molecule has 0 saturated carbocycles. The summed E-state index contributed by atoms with van der Waals surface area (Å²) >= 11 is 0. The van der Waals surface area contributed by atoms with Crippen molar-refractivity contribution in [3.05, 3.63) is 11.6 Å². The summed E-state index contributed by atoms with van der Waals surface area (Å²) in [5, 5.41) is 6.80. The van der Waals surface area contributed by atoms with Crippen molar-refractivity contribution in [2.24, 2.45) is 0 Å². The van der Waals surface area contributed by atoms with Crippen LogP contribution in [0.2, 0.25) is 0 Å². The number of hydrogen-bond donors (Lipinski definition) is 1. The number of amides is 1. The fourth-order valence-electron chi connectivity index (χ4n) is 1.80. The molecule has 1 N–H and O–H groups in total. The number of carbonyl (C=O) groups excluding carboxylic acids is 1. The maximum absolute atomic E-state index is 12.5. The van der Waals surface area contributed by atoms with Crippen molar-refractivity contribution in [3.8, 4) is 0 Å². The molecule has 0 aliphatic carbocycles. The third kappa shape index (κ3) is 4.28. The average Bonchev–Trinajstić information content (AvgIpc) is 2.89. The van der Waals surface area contributed by atoms with Gasteiger partial charge in [0.1, 0.15) is 5.82 Å². The Morgan fingerprint density at radius 2 is 2.00 bits per heavy atom. The lowest BCUT2D eigenvalue weighted by molar-refractivity contribution is 0.0469. The van der Waals surface area contributed by atoms with Gasteiger partial charge in [0.2, 0.25) is 5.82 Å². The van der Waals surface area contributed by atoms with Gasteiger partial charge >= 0.3 is 0 Å². The normalized spacial score (nSPS) is 12.7. The molecule has 0 aromatic carbocycles. The zero-order valence-corrected chi connectivity index (χ0v) is 12.8. The van der Waals surface area contributed by atoms with Crippen molar-refractivity contribution in [1.29, 1.82) is 0 Å². The van der Waals surface area contributed by atoms with Crippen molar-refractivity contribution in [3.63, 3.8) is 0 Å². The molecule has 1 unspecified atom stereocenters. The molecule has 7 nitrogen and oxygen atoms in total. The molecule has 1 heterocycles. The first kappa shape index (κ1) is 16.6. The van der Waals surface area contributed by atoms with E-state index in [4.69, 9.17) is 9.47 Å². The number of ether oxygens (including phenoxy) is 2. The smallest absolute Gasteiger partial charge is 0.293 e. The lowest BCUT2D eigenvalue weighted by Gasteiger charge is -2.27. The molecule has 0 aliphatic rings. The Kier molecular flexibility index (Phi) is 6.60. The second-order valence-corrected chi connectivity index (χ2v) is 4.99. The highest BCUT2D eigenvalue weighted by Gasteiger charge is 2.25. The molecule has 7 heteroatoms. The van der Waals surface area contributed by atoms with Crippen LogP contribution in [0.4, 0.5) is 0 Å². The molecule has 0 bridgehead atoms. The zero-order valence-electron chi connectivity index (χ0n) is 12.8. The highest BCUT2D eigenvalue weighted by atomic mass is 16.5. The molecule has 1 rings (SSSR count). The third-order valence-electron chi connectivity index (χ3n) is 2.98. The van der Waals surface area contributed by atoms with E-state index in [1.807, 2.05) is 20.8 Å². The van der Waals surface area contributed by atoms with Gasteiger partial charge < -0.3 is 14.4 Å². The van der Waals surface area contributed by atoms with E-state index in [0.717, 1.165) is 0 Å². The van der Waals surface area contributed by atoms with Crippen LogP contribution in [0.25, 0.3) is 0 Å². The molecule has 20 heavy (non-hydrogen) atoms. The van der Waals surface area contributed by atoms with E-state index < -0.39 is 0 Å². The summed E-state index contributed by atoms with van der Waals surface area (Å²) < 4.78 is 10.2. The minimum absolute atomic E-state index is 0.0661. The van der Waals surface area contributed by atoms with Crippen molar-refractivity contribution in [2.45, 2.75) is 32.7 Å². The summed E-state index contributed by atoms with van der Waals surface area (Å²) in [7, 11) is 3.21. The molecular weight excluding hydrogens is 260 g/mol. The second kappa shape index (κ2) is 7.96. The summed E-state index contributed by atoms with van der Waals surface area (Å²) in [6.07, 6.45) is 0. The quantitative estimate of drug-likeness (QED) is 0.772. The lowest BCUT2D eigenvalue weighted by atomic mass is 10.2. The standard InChI is InChI=1S/C13H24N4O3/c1-9(2)11-14-12(16-15-11)13(18)17(6-7-19-4)10(3)8-20-5/h9-10H,6-8H2,1-5H3,(H,14,15,16). The summed E-state index contributed by atoms with van der Waals surface area (Å²) in [6, 6.07) is -0.0661. The predicted molar refractivity (Wildman–Crippen MR) is 74.7 cm³/mol. The number of rotatable bonds is 8. The summed E-state index contributed by atoms with van der Waals surface area (Å²) in [6.45, 7) is 7.30. The highest BCUT2D eigenvalue weighted by molar-refractivity contribution is 5.90. The van der Waals surface area contributed by atoms with E-state index in [-0.39, 0.29) is 23.7 Å². The minimum atomic E-state index is -0.213. The van der Waals surface area contributed by atoms with Crippen LogP contribution >= 0.6 is 0 Å². The molecule has 114 valence electrons. The van der Waals surface area contributed by atoms with Gasteiger partial charge in [-0.2, -0.15) is 0 Å². The Morgan fingerprint density at radius 3 is 2.50 bits per heavy atom. The number of carbonyl (C=O) groups is 1. The van der Waals surface area contributed by atoms with Crippen LogP contribution in [0.5, 0.6) is 0 Å². The van der Waals surface area contributed by atoms with Crippen LogP contribution in [0.3, 0.4) is 0 Å². The Labute approximate surface area is 119 Å². The minimum Gasteiger partial charge on any atom is -0.383 e. The van der Waals surface area contributed by atoms with E-state index in [9.17, 15) is 4.79 Å². The maximum atomic E-state index is 12.5. The van der Waals surface area contributed by atoms with Crippen molar-refractivity contribution >= 4 is 5.91 Å². The first-order chi connectivity index (χ1) is 9.51. The zero-order chi connectivity index (χ0) is 15.1. The van der Waals surface area contributed by atoms with Crippen LogP contribution < -0.4 is 0 Å². The topological polar surface area (TPSA) is 80.3 Å². The van der Waals surface area contributed by atoms with Crippen LogP contribution in [0, 0.1) is 0 Å². The van der Waals surface area contributed by atoms with Crippen LogP contribution in [0.1, 0.15) is 43.1 Å². The number of hydrogen-bond acceptors (Lipinski definition) is 5. The fourth-order valence-corrected chi connectivity index (χ4v) is 1.80. The molecule has 0 saturated heterocycles. The number of aromatic nitrogens is 3. The Balaban J connectivity index is 2.84. The largest absolute Gasteiger partial charge is 0.383 e. The summed E-state index contributed by atoms with van der Waals surface area (Å²) in [5.74, 6) is 0.884. The number of nitrogens with one attached hydrogen (secondary N) is 1. The molecule has 1 amide bonds. The number of methoxy groups -OCH3 is 2. The first-order valence-electron chi connectivity index (χ1n) is 6.72. The van der Waals surface area contributed by atoms with Gasteiger partial charge in [-0.05, 0) is 6.92 Å². The monoisotopic (exact) mass is 284 g/mol. The molecule has 0 radical (unpaired) electrons. The summed E-state index contributed by atoms with van der Waals surface area (Å²) in [5.41, 5.74) is 0. The van der Waals surface area contributed by atoms with Crippen molar-refractivity contribution in [2.75, 3.05) is 34.0 Å². The van der Waals surface area contributed by atoms with Gasteiger partial charge in [-0.3, -0.25) is 9.89 Å². The number of H-pyrrole nitrogens is 1. The van der Waals surface area contributed by atoms with Crippen molar-refractivity contribution in [1.82, 2.24) is 20.1 Å². The Hall–Kier alpha value is -1.47. The highest BCUT2D eigenvalue weighted by Crippen LogP contribution is 2.10. The molecule has 0 spiro atoms. The predicted octanol–water partition coefficient (Wildman–Crippen LogP) is 1.05. The number of nitrogens with zero attached hydrogens (tertiary/aromatic N) is 3. The van der Waals surface area contributed by atoms with Gasteiger partial charge in [-0.15, -0.1) is 5.10 Å². The first-order valence-corrected chi connectivity index (χ1v) is 6.72. The summed E-state index contributed by atoms with van der Waals surface area (Å²) in [4.78, 5) is 18.4. The van der Waals surface area contributed by atoms with Crippen LogP contribution in [-0.4, -0.2) is 66.0 Å². The Morgan fingerprint density at radius 1 is 1.30 bits per heavy atom. The van der Waals surface area contributed by atoms with Gasteiger partial charge in [-0.1, -0.05) is 13.8 Å². The van der Waals surface area contributed by atoms with Crippen LogP contribution in [0.15, 0.2) is 0 Å². The van der Waals surface area contributed by atoms with Crippen molar-refractivity contribution < 1.29 is 14.3 Å². The van der Waals surface area contributed by atoms with Gasteiger partial charge in [0, 0.05) is 26.7 Å². The average molecular weight is 284 g/mol. The second-order valence-electron chi connectivity index (χ2n) is 4.99. The van der Waals surface area contributed by atoms with E-state index in [2.05, 4.69) is 15.2 Å². The Bertz CT molecular complexity index is 420. The maximum Gasteiger partial charge on any atom is 0.293 e. The van der Waals surface area contributed by atoms with Crippen LogP contribution in [-0.2, 0) is 9.47 Å². The van der Waals surface area contributed by atoms with Gasteiger partial charge in [0.25, 0.3) is 5.91 Å². The third-order valence-corrected chi connectivity index (χ3v) is 2.98. The van der Waals surface area contributed by atoms with E-state index in [1.54, 1.807) is 19.1 Å². The van der Waals surface area contributed by atoms with E-state index in [1.165, 1.54) is 0 Å². The number of aromatic amines is 1. The molecule has 1 aromatic rings. The molecule has 1 aromatic heterocycles. The molecule has 0 aliphatic heterocycles. The molecular formula is C13H24N4O3. The van der Waals surface area contributed by atoms with E-state index >= 15 is 0 Å². The SMILES string of the molecule is COCCN(C(=O)c1n[nH]c(C(C)C)n1)C(C)COC. The lowest BCUT2D eigenvalue weighted by Crippen LogP contribution is -2.43. The molecule has 0 fully saturated rings. The van der Waals surface area contributed by atoms with E-state index in [0.29, 0.717) is 25.6 Å². The fraction of sp³-hybridized carbons (Fsp3) is 0.769. The van der Waals surface area contributed by atoms with Gasteiger partial charge in [-0.25, -0.2) is 4.98 Å².